The summed E-state index contributed by atoms with van der Waals surface area (Å²) in [6, 6.07) is 1.82. The van der Waals surface area contributed by atoms with E-state index in [0.29, 0.717) is 25.5 Å². The van der Waals surface area contributed by atoms with E-state index in [4.69, 9.17) is 10.8 Å². The molecule has 0 unspecified atom stereocenters. The summed E-state index contributed by atoms with van der Waals surface area (Å²) in [6.45, 7) is 5.48. The highest BCUT2D eigenvalue weighted by Gasteiger charge is 2.27. The van der Waals surface area contributed by atoms with Crippen LogP contribution in [0.5, 0.6) is 0 Å². The number of aromatic nitrogens is 2. The maximum atomic E-state index is 11.0. The van der Waals surface area contributed by atoms with E-state index in [9.17, 15) is 4.79 Å². The highest BCUT2D eigenvalue weighted by molar-refractivity contribution is 5.66. The van der Waals surface area contributed by atoms with E-state index in [-0.39, 0.29) is 6.04 Å². The summed E-state index contributed by atoms with van der Waals surface area (Å²) in [7, 11) is 0. The number of aryl methyl sites for hydroxylation is 1. The Hall–Kier alpha value is -2.05. The van der Waals surface area contributed by atoms with Crippen molar-refractivity contribution in [2.45, 2.75) is 19.9 Å². The van der Waals surface area contributed by atoms with Crippen LogP contribution in [0.4, 0.5) is 16.4 Å². The molecule has 0 radical (unpaired) electrons. The lowest BCUT2D eigenvalue weighted by Crippen LogP contribution is -2.54. The number of amides is 1. The van der Waals surface area contributed by atoms with Crippen molar-refractivity contribution in [3.63, 3.8) is 0 Å². The molecule has 0 aliphatic carbocycles. The number of nitrogens with two attached hydrogens (primary N) is 1. The average molecular weight is 251 g/mol. The topological polar surface area (TPSA) is 95.6 Å². The van der Waals surface area contributed by atoms with Gasteiger partial charge in [0.1, 0.15) is 5.82 Å². The normalized spacial score (nSPS) is 20.0. The lowest BCUT2D eigenvalue weighted by atomic mass is 10.2. The molecule has 0 spiro atoms. The Labute approximate surface area is 105 Å². The fourth-order valence-corrected chi connectivity index (χ4v) is 2.08. The molecule has 1 saturated heterocycles. The Kier molecular flexibility index (Phi) is 3.22. The van der Waals surface area contributed by atoms with Gasteiger partial charge in [-0.25, -0.2) is 4.79 Å². The smallest absolute Gasteiger partial charge is 0.407 e. The maximum Gasteiger partial charge on any atom is 0.407 e. The highest BCUT2D eigenvalue weighted by atomic mass is 16.4. The molecule has 1 aromatic rings. The second-order valence-electron chi connectivity index (χ2n) is 4.54. The fourth-order valence-electron chi connectivity index (χ4n) is 2.08. The van der Waals surface area contributed by atoms with Crippen LogP contribution in [0.1, 0.15) is 12.5 Å². The van der Waals surface area contributed by atoms with Crippen molar-refractivity contribution in [2.75, 3.05) is 30.3 Å². The average Bonchev–Trinajstić information content (AvgIpc) is 2.32. The van der Waals surface area contributed by atoms with Gasteiger partial charge < -0.3 is 20.6 Å². The number of piperazine rings is 1. The van der Waals surface area contributed by atoms with Crippen LogP contribution in [0, 0.1) is 6.92 Å². The predicted molar refractivity (Wildman–Crippen MR) is 67.6 cm³/mol. The van der Waals surface area contributed by atoms with Crippen LogP contribution in [0.15, 0.2) is 6.07 Å². The van der Waals surface area contributed by atoms with Crippen LogP contribution < -0.4 is 10.6 Å². The van der Waals surface area contributed by atoms with E-state index in [1.807, 2.05) is 24.8 Å². The quantitative estimate of drug-likeness (QED) is 0.757. The van der Waals surface area contributed by atoms with Gasteiger partial charge in [-0.1, -0.05) is 0 Å². The van der Waals surface area contributed by atoms with Crippen molar-refractivity contribution < 1.29 is 9.90 Å². The first kappa shape index (κ1) is 12.4. The molecule has 0 bridgehead atoms. The second-order valence-corrected chi connectivity index (χ2v) is 4.54. The van der Waals surface area contributed by atoms with Gasteiger partial charge in [-0.2, -0.15) is 0 Å². The lowest BCUT2D eigenvalue weighted by Gasteiger charge is -2.38. The van der Waals surface area contributed by atoms with E-state index in [2.05, 4.69) is 10.2 Å². The van der Waals surface area contributed by atoms with E-state index in [0.717, 1.165) is 11.4 Å². The van der Waals surface area contributed by atoms with Gasteiger partial charge in [0, 0.05) is 25.7 Å². The molecule has 1 aromatic heterocycles. The van der Waals surface area contributed by atoms with Crippen LogP contribution in [-0.2, 0) is 0 Å². The Morgan fingerprint density at radius 1 is 1.50 bits per heavy atom. The molecule has 1 fully saturated rings. The molecule has 2 rings (SSSR count). The zero-order valence-corrected chi connectivity index (χ0v) is 10.5. The van der Waals surface area contributed by atoms with Crippen LogP contribution in [0.25, 0.3) is 0 Å². The van der Waals surface area contributed by atoms with Gasteiger partial charge in [0.15, 0.2) is 5.82 Å². The minimum Gasteiger partial charge on any atom is -0.465 e. The minimum absolute atomic E-state index is 0.0593. The van der Waals surface area contributed by atoms with Crippen molar-refractivity contribution >= 4 is 17.7 Å². The molecule has 0 aromatic carbocycles. The van der Waals surface area contributed by atoms with Crippen LogP contribution in [-0.4, -0.2) is 52.0 Å². The van der Waals surface area contributed by atoms with Gasteiger partial charge in [0.25, 0.3) is 0 Å². The molecule has 7 heteroatoms. The monoisotopic (exact) mass is 251 g/mol. The van der Waals surface area contributed by atoms with Gasteiger partial charge in [-0.05, 0) is 25.5 Å². The molecule has 7 nitrogen and oxygen atoms in total. The van der Waals surface area contributed by atoms with Crippen molar-refractivity contribution in [3.05, 3.63) is 11.6 Å². The lowest BCUT2D eigenvalue weighted by molar-refractivity contribution is 0.122. The van der Waals surface area contributed by atoms with E-state index >= 15 is 0 Å². The largest absolute Gasteiger partial charge is 0.465 e. The Morgan fingerprint density at radius 2 is 2.22 bits per heavy atom. The fraction of sp³-hybridized carbons (Fsp3) is 0.545. The van der Waals surface area contributed by atoms with Gasteiger partial charge in [0.05, 0.1) is 0 Å². The van der Waals surface area contributed by atoms with Gasteiger partial charge in [0.2, 0.25) is 0 Å². The van der Waals surface area contributed by atoms with Crippen LogP contribution in [0.3, 0.4) is 0 Å². The SMILES string of the molecule is Cc1cc(N2CCN(C(=O)O)[C@@H](C)C2)nnc1N. The molecule has 0 saturated carbocycles. The van der Waals surface area contributed by atoms with E-state index in [1.54, 1.807) is 0 Å². The molecule has 3 N–H and O–H groups in total. The third-order valence-corrected chi connectivity index (χ3v) is 3.21. The van der Waals surface area contributed by atoms with Crippen molar-refractivity contribution in [1.82, 2.24) is 15.1 Å². The first-order valence-electron chi connectivity index (χ1n) is 5.83. The van der Waals surface area contributed by atoms with Gasteiger partial charge in [-0.3, -0.25) is 0 Å². The Morgan fingerprint density at radius 3 is 2.78 bits per heavy atom. The summed E-state index contributed by atoms with van der Waals surface area (Å²) in [6.07, 6.45) is -0.873. The molecular formula is C11H17N5O2. The van der Waals surface area contributed by atoms with Crippen molar-refractivity contribution in [2.24, 2.45) is 0 Å². The first-order chi connectivity index (χ1) is 8.49. The molecule has 1 atom stereocenters. The number of anilines is 2. The first-order valence-corrected chi connectivity index (χ1v) is 5.83. The van der Waals surface area contributed by atoms with Crippen LogP contribution in [0.2, 0.25) is 0 Å². The molecule has 1 aliphatic rings. The molecule has 98 valence electrons. The Balaban J connectivity index is 2.12. The Bertz CT molecular complexity index is 465. The zero-order chi connectivity index (χ0) is 13.3. The van der Waals surface area contributed by atoms with Gasteiger partial charge in [-0.15, -0.1) is 10.2 Å². The third-order valence-electron chi connectivity index (χ3n) is 3.21. The predicted octanol–water partition coefficient (Wildman–Crippen LogP) is 0.556. The summed E-state index contributed by atoms with van der Waals surface area (Å²) in [4.78, 5) is 14.4. The number of rotatable bonds is 1. The van der Waals surface area contributed by atoms with Crippen molar-refractivity contribution in [3.8, 4) is 0 Å². The number of nitrogen functional groups attached to an aromatic ring is 1. The standard InChI is InChI=1S/C11H17N5O2/c1-7-5-9(13-14-10(7)12)15-3-4-16(11(17)18)8(2)6-15/h5,8H,3-4,6H2,1-2H3,(H2,12,14)(H,17,18)/t8-/m0/s1. The minimum atomic E-state index is -0.873. The molecule has 1 aliphatic heterocycles. The summed E-state index contributed by atoms with van der Waals surface area (Å²) in [5.41, 5.74) is 6.51. The van der Waals surface area contributed by atoms with E-state index in [1.165, 1.54) is 4.90 Å². The van der Waals surface area contributed by atoms with E-state index < -0.39 is 6.09 Å². The molecular weight excluding hydrogens is 234 g/mol. The second kappa shape index (κ2) is 4.67. The number of nitrogens with zero attached hydrogens (tertiary/aromatic N) is 4. The summed E-state index contributed by atoms with van der Waals surface area (Å²) < 4.78 is 0. The molecule has 18 heavy (non-hydrogen) atoms. The highest BCUT2D eigenvalue weighted by Crippen LogP contribution is 2.19. The maximum absolute atomic E-state index is 11.0. The van der Waals surface area contributed by atoms with Crippen LogP contribution >= 0.6 is 0 Å². The molecule has 1 amide bonds. The number of hydrogen-bond acceptors (Lipinski definition) is 5. The number of hydrogen-bond donors (Lipinski definition) is 2. The number of carbonyl (C=O) groups is 1. The third kappa shape index (κ3) is 2.29. The summed E-state index contributed by atoms with van der Waals surface area (Å²) >= 11 is 0. The van der Waals surface area contributed by atoms with Crippen molar-refractivity contribution in [1.29, 1.82) is 0 Å². The molecule has 2 heterocycles. The number of carboxylic acid groups (broad SMARTS) is 1. The van der Waals surface area contributed by atoms with Gasteiger partial charge >= 0.3 is 6.09 Å². The summed E-state index contributed by atoms with van der Waals surface area (Å²) in [5.74, 6) is 1.18. The summed E-state index contributed by atoms with van der Waals surface area (Å²) in [5, 5.41) is 17.0. The zero-order valence-electron chi connectivity index (χ0n) is 10.5.